The molecule has 0 fully saturated rings. The average Bonchev–Trinajstić information content (AvgIpc) is 2.86. The van der Waals surface area contributed by atoms with Crippen LogP contribution in [0.15, 0.2) is 11.2 Å². The molecule has 0 aliphatic heterocycles. The second kappa shape index (κ2) is 7.72. The van der Waals surface area contributed by atoms with E-state index in [0.717, 1.165) is 0 Å². The van der Waals surface area contributed by atoms with E-state index >= 15 is 0 Å². The van der Waals surface area contributed by atoms with Crippen LogP contribution >= 0.6 is 0 Å². The maximum atomic E-state index is 12.6. The minimum Gasteiger partial charge on any atom is -0.383 e. The first-order valence-electron chi connectivity index (χ1n) is 6.68. The number of rotatable bonds is 9. The first-order chi connectivity index (χ1) is 9.43. The van der Waals surface area contributed by atoms with Gasteiger partial charge in [0.05, 0.1) is 12.8 Å². The van der Waals surface area contributed by atoms with Crippen molar-refractivity contribution in [3.8, 4) is 0 Å². The second-order valence-corrected chi connectivity index (χ2v) is 6.62. The summed E-state index contributed by atoms with van der Waals surface area (Å²) < 4.78 is 31.5. The Labute approximate surface area is 120 Å². The molecular weight excluding hydrogens is 280 g/mol. The molecular formula is C12H24N4O3S. The number of ether oxygens (including phenoxy) is 1. The predicted octanol–water partition coefficient (Wildman–Crippen LogP) is 0.565. The molecule has 20 heavy (non-hydrogen) atoms. The van der Waals surface area contributed by atoms with Gasteiger partial charge in [0.25, 0.3) is 10.0 Å². The van der Waals surface area contributed by atoms with Crippen molar-refractivity contribution < 1.29 is 13.2 Å². The van der Waals surface area contributed by atoms with Crippen molar-refractivity contribution in [2.45, 2.75) is 38.4 Å². The molecule has 1 aromatic rings. The highest BCUT2D eigenvalue weighted by molar-refractivity contribution is 7.89. The molecule has 8 heteroatoms. The van der Waals surface area contributed by atoms with Gasteiger partial charge in [-0.3, -0.25) is 5.10 Å². The lowest BCUT2D eigenvalue weighted by Crippen LogP contribution is -2.35. The molecule has 0 aromatic carbocycles. The van der Waals surface area contributed by atoms with E-state index in [1.54, 1.807) is 20.2 Å². The molecule has 0 atom stereocenters. The predicted molar refractivity (Wildman–Crippen MR) is 76.9 cm³/mol. The van der Waals surface area contributed by atoms with Gasteiger partial charge in [-0.2, -0.15) is 9.40 Å². The van der Waals surface area contributed by atoms with Crippen LogP contribution in [-0.4, -0.2) is 55.8 Å². The van der Waals surface area contributed by atoms with Crippen molar-refractivity contribution in [1.29, 1.82) is 0 Å². The van der Waals surface area contributed by atoms with E-state index in [2.05, 4.69) is 15.5 Å². The number of nitrogens with zero attached hydrogens (tertiary/aromatic N) is 2. The third-order valence-corrected chi connectivity index (χ3v) is 4.86. The molecule has 0 saturated carbocycles. The third kappa shape index (κ3) is 4.27. The summed E-state index contributed by atoms with van der Waals surface area (Å²) in [6.45, 7) is 7.35. The topological polar surface area (TPSA) is 87.3 Å². The van der Waals surface area contributed by atoms with Crippen LogP contribution in [0.4, 0.5) is 0 Å². The number of likely N-dealkylation sites (N-methyl/N-ethyl adjacent to an activating group) is 1. The van der Waals surface area contributed by atoms with Gasteiger partial charge in [-0.15, -0.1) is 0 Å². The van der Waals surface area contributed by atoms with Crippen molar-refractivity contribution in [3.05, 3.63) is 11.8 Å². The largest absolute Gasteiger partial charge is 0.383 e. The minimum absolute atomic E-state index is 0.156. The Balaban J connectivity index is 2.93. The van der Waals surface area contributed by atoms with E-state index in [4.69, 9.17) is 4.74 Å². The zero-order valence-corrected chi connectivity index (χ0v) is 13.3. The van der Waals surface area contributed by atoms with Crippen LogP contribution in [0.25, 0.3) is 0 Å². The molecule has 0 unspecified atom stereocenters. The summed E-state index contributed by atoms with van der Waals surface area (Å²) in [6, 6.07) is 0.274. The van der Waals surface area contributed by atoms with Crippen LogP contribution < -0.4 is 5.32 Å². The molecule has 1 aromatic heterocycles. The van der Waals surface area contributed by atoms with E-state index in [-0.39, 0.29) is 11.1 Å². The van der Waals surface area contributed by atoms with Crippen molar-refractivity contribution in [1.82, 2.24) is 19.8 Å². The number of aromatic nitrogens is 2. The van der Waals surface area contributed by atoms with Crippen LogP contribution in [0.2, 0.25) is 0 Å². The van der Waals surface area contributed by atoms with Gasteiger partial charge in [0, 0.05) is 38.3 Å². The Morgan fingerprint density at radius 1 is 1.50 bits per heavy atom. The fourth-order valence-corrected chi connectivity index (χ4v) is 3.27. The quantitative estimate of drug-likeness (QED) is 0.696. The number of methoxy groups -OCH3 is 1. The lowest BCUT2D eigenvalue weighted by atomic mass is 10.3. The van der Waals surface area contributed by atoms with Gasteiger partial charge in [-0.1, -0.05) is 20.8 Å². The fourth-order valence-electron chi connectivity index (χ4n) is 1.73. The van der Waals surface area contributed by atoms with E-state index < -0.39 is 10.0 Å². The standard InChI is InChI=1S/C12H24N4O3S/c1-5-16(6-7-19-4)20(17,18)12-11(9-14-15-12)8-13-10(2)3/h9-10,13H,5-8H2,1-4H3,(H,14,15). The summed E-state index contributed by atoms with van der Waals surface area (Å²) in [7, 11) is -2.01. The number of hydrogen-bond acceptors (Lipinski definition) is 5. The Morgan fingerprint density at radius 2 is 2.20 bits per heavy atom. The molecule has 0 radical (unpaired) electrons. The van der Waals surface area contributed by atoms with E-state index in [9.17, 15) is 8.42 Å². The third-order valence-electron chi connectivity index (χ3n) is 2.87. The highest BCUT2D eigenvalue weighted by Gasteiger charge is 2.27. The van der Waals surface area contributed by atoms with Gasteiger partial charge in [-0.05, 0) is 0 Å². The van der Waals surface area contributed by atoms with E-state index in [0.29, 0.717) is 31.8 Å². The van der Waals surface area contributed by atoms with Gasteiger partial charge in [0.1, 0.15) is 0 Å². The lowest BCUT2D eigenvalue weighted by Gasteiger charge is -2.20. The van der Waals surface area contributed by atoms with Crippen molar-refractivity contribution >= 4 is 10.0 Å². The van der Waals surface area contributed by atoms with Crippen LogP contribution in [0.1, 0.15) is 26.3 Å². The Kier molecular flexibility index (Phi) is 6.60. The van der Waals surface area contributed by atoms with Gasteiger partial charge in [-0.25, -0.2) is 8.42 Å². The Bertz CT molecular complexity index is 499. The van der Waals surface area contributed by atoms with Crippen LogP contribution in [-0.2, 0) is 21.3 Å². The summed E-state index contributed by atoms with van der Waals surface area (Å²) in [4.78, 5) is 0. The van der Waals surface area contributed by atoms with Crippen LogP contribution in [0.5, 0.6) is 0 Å². The minimum atomic E-state index is -3.56. The van der Waals surface area contributed by atoms with Crippen molar-refractivity contribution in [3.63, 3.8) is 0 Å². The zero-order chi connectivity index (χ0) is 15.2. The molecule has 0 spiro atoms. The summed E-state index contributed by atoms with van der Waals surface area (Å²) in [5.74, 6) is 0. The van der Waals surface area contributed by atoms with Crippen LogP contribution in [0.3, 0.4) is 0 Å². The summed E-state index contributed by atoms with van der Waals surface area (Å²) in [5.41, 5.74) is 0.648. The zero-order valence-electron chi connectivity index (χ0n) is 12.5. The molecule has 0 aliphatic rings. The Hall–Kier alpha value is -0.960. The number of hydrogen-bond donors (Lipinski definition) is 2. The fraction of sp³-hybridized carbons (Fsp3) is 0.750. The average molecular weight is 304 g/mol. The maximum Gasteiger partial charge on any atom is 0.260 e. The van der Waals surface area contributed by atoms with Gasteiger partial charge < -0.3 is 10.1 Å². The summed E-state index contributed by atoms with van der Waals surface area (Å²) in [6.07, 6.45) is 1.55. The van der Waals surface area contributed by atoms with Gasteiger partial charge in [0.15, 0.2) is 5.03 Å². The molecule has 0 amide bonds. The molecule has 2 N–H and O–H groups in total. The Morgan fingerprint density at radius 3 is 2.75 bits per heavy atom. The molecule has 0 aliphatic carbocycles. The van der Waals surface area contributed by atoms with Gasteiger partial charge in [0.2, 0.25) is 0 Å². The molecule has 7 nitrogen and oxygen atoms in total. The molecule has 0 saturated heterocycles. The summed E-state index contributed by atoms with van der Waals surface area (Å²) in [5, 5.41) is 9.81. The first kappa shape index (κ1) is 17.1. The highest BCUT2D eigenvalue weighted by Crippen LogP contribution is 2.17. The smallest absolute Gasteiger partial charge is 0.260 e. The lowest BCUT2D eigenvalue weighted by molar-refractivity contribution is 0.180. The van der Waals surface area contributed by atoms with E-state index in [1.165, 1.54) is 4.31 Å². The number of H-pyrrole nitrogens is 1. The number of sulfonamides is 1. The highest BCUT2D eigenvalue weighted by atomic mass is 32.2. The van der Waals surface area contributed by atoms with E-state index in [1.807, 2.05) is 13.8 Å². The van der Waals surface area contributed by atoms with Crippen LogP contribution in [0, 0.1) is 0 Å². The van der Waals surface area contributed by atoms with Crippen molar-refractivity contribution in [2.75, 3.05) is 26.8 Å². The second-order valence-electron chi connectivity index (χ2n) is 4.75. The SMILES string of the molecule is CCN(CCOC)S(=O)(=O)c1[nH]ncc1CNC(C)C. The molecule has 1 heterocycles. The first-order valence-corrected chi connectivity index (χ1v) is 8.12. The number of nitrogens with one attached hydrogen (secondary N) is 2. The maximum absolute atomic E-state index is 12.6. The monoisotopic (exact) mass is 304 g/mol. The summed E-state index contributed by atoms with van der Waals surface area (Å²) >= 11 is 0. The molecule has 1 rings (SSSR count). The van der Waals surface area contributed by atoms with Crippen molar-refractivity contribution in [2.24, 2.45) is 0 Å². The normalized spacial score (nSPS) is 12.5. The number of aromatic amines is 1. The molecule has 116 valence electrons. The molecule has 0 bridgehead atoms. The van der Waals surface area contributed by atoms with Gasteiger partial charge >= 0.3 is 0 Å².